The standard InChI is InChI=1S/C21H28N2O3S/c1-26-20-11-13-21(14-12-20)27(24,25)22-15-5-6-18-7-9-19(10-8-18)23-16-3-2-4-17-23/h7-14,22H,2-6,15-17H2,1H3. The van der Waals surface area contributed by atoms with Crippen LogP contribution in [0.5, 0.6) is 5.75 Å². The second kappa shape index (κ2) is 9.24. The molecule has 0 radical (unpaired) electrons. The molecule has 0 amide bonds. The lowest BCUT2D eigenvalue weighted by Gasteiger charge is -2.28. The monoisotopic (exact) mass is 388 g/mol. The van der Waals surface area contributed by atoms with Crippen molar-refractivity contribution in [3.8, 4) is 5.75 Å². The lowest BCUT2D eigenvalue weighted by Crippen LogP contribution is -2.29. The van der Waals surface area contributed by atoms with Gasteiger partial charge in [-0.15, -0.1) is 0 Å². The fraction of sp³-hybridized carbons (Fsp3) is 0.429. The van der Waals surface area contributed by atoms with E-state index in [1.165, 1.54) is 30.5 Å². The maximum absolute atomic E-state index is 12.3. The molecule has 1 N–H and O–H groups in total. The summed E-state index contributed by atoms with van der Waals surface area (Å²) < 4.78 is 32.3. The second-order valence-electron chi connectivity index (χ2n) is 6.89. The van der Waals surface area contributed by atoms with Gasteiger partial charge in [-0.05, 0) is 74.1 Å². The Morgan fingerprint density at radius 1 is 0.963 bits per heavy atom. The maximum atomic E-state index is 12.3. The van der Waals surface area contributed by atoms with Crippen LogP contribution in [0.15, 0.2) is 53.4 Å². The fourth-order valence-corrected chi connectivity index (χ4v) is 4.44. The number of anilines is 1. The Hall–Kier alpha value is -2.05. The van der Waals surface area contributed by atoms with Gasteiger partial charge in [0.25, 0.3) is 0 Å². The summed E-state index contributed by atoms with van der Waals surface area (Å²) in [4.78, 5) is 2.70. The van der Waals surface area contributed by atoms with Crippen LogP contribution in [0, 0.1) is 0 Å². The van der Waals surface area contributed by atoms with Gasteiger partial charge in [0.05, 0.1) is 12.0 Å². The smallest absolute Gasteiger partial charge is 0.240 e. The zero-order chi connectivity index (χ0) is 19.1. The summed E-state index contributed by atoms with van der Waals surface area (Å²) in [7, 11) is -1.92. The lowest BCUT2D eigenvalue weighted by molar-refractivity contribution is 0.414. The third kappa shape index (κ3) is 5.47. The largest absolute Gasteiger partial charge is 0.497 e. The number of nitrogens with one attached hydrogen (secondary N) is 1. The molecule has 1 heterocycles. The first-order valence-corrected chi connectivity index (χ1v) is 11.0. The van der Waals surface area contributed by atoms with E-state index in [1.54, 1.807) is 31.4 Å². The molecule has 1 aliphatic heterocycles. The van der Waals surface area contributed by atoms with E-state index in [9.17, 15) is 8.42 Å². The summed E-state index contributed by atoms with van der Waals surface area (Å²) in [5.74, 6) is 0.641. The van der Waals surface area contributed by atoms with Crippen LogP contribution in [-0.2, 0) is 16.4 Å². The molecule has 0 aliphatic carbocycles. The third-order valence-corrected chi connectivity index (χ3v) is 6.44. The number of sulfonamides is 1. The van der Waals surface area contributed by atoms with Gasteiger partial charge >= 0.3 is 0 Å². The number of ether oxygens (including phenoxy) is 1. The highest BCUT2D eigenvalue weighted by Crippen LogP contribution is 2.20. The number of aryl methyl sites for hydroxylation is 1. The number of hydrogen-bond acceptors (Lipinski definition) is 4. The summed E-state index contributed by atoms with van der Waals surface area (Å²) in [5, 5.41) is 0. The van der Waals surface area contributed by atoms with Crippen LogP contribution in [-0.4, -0.2) is 35.2 Å². The minimum absolute atomic E-state index is 0.259. The number of methoxy groups -OCH3 is 1. The van der Waals surface area contributed by atoms with Crippen LogP contribution in [0.4, 0.5) is 5.69 Å². The van der Waals surface area contributed by atoms with Gasteiger partial charge in [0.1, 0.15) is 5.75 Å². The number of nitrogens with zero attached hydrogens (tertiary/aromatic N) is 1. The van der Waals surface area contributed by atoms with E-state index in [-0.39, 0.29) is 4.90 Å². The van der Waals surface area contributed by atoms with Crippen LogP contribution in [0.1, 0.15) is 31.2 Å². The Morgan fingerprint density at radius 3 is 2.26 bits per heavy atom. The Bertz CT molecular complexity index is 812. The van der Waals surface area contributed by atoms with Gasteiger partial charge in [0, 0.05) is 25.3 Å². The molecule has 0 aromatic heterocycles. The molecule has 6 heteroatoms. The molecule has 146 valence electrons. The summed E-state index contributed by atoms with van der Waals surface area (Å²) in [6, 6.07) is 15.1. The van der Waals surface area contributed by atoms with E-state index in [0.717, 1.165) is 25.9 Å². The van der Waals surface area contributed by atoms with Gasteiger partial charge in [0.2, 0.25) is 10.0 Å². The molecule has 3 rings (SSSR count). The first-order chi connectivity index (χ1) is 13.1. The number of benzene rings is 2. The highest BCUT2D eigenvalue weighted by molar-refractivity contribution is 7.89. The molecule has 0 atom stereocenters. The molecule has 1 aliphatic rings. The molecule has 27 heavy (non-hydrogen) atoms. The van der Waals surface area contributed by atoms with Crippen molar-refractivity contribution in [1.29, 1.82) is 0 Å². The lowest BCUT2D eigenvalue weighted by atomic mass is 10.1. The Labute approximate surface area is 162 Å². The Balaban J connectivity index is 1.46. The zero-order valence-electron chi connectivity index (χ0n) is 15.9. The topological polar surface area (TPSA) is 58.6 Å². The van der Waals surface area contributed by atoms with Crippen LogP contribution >= 0.6 is 0 Å². The highest BCUT2D eigenvalue weighted by Gasteiger charge is 2.13. The first-order valence-electron chi connectivity index (χ1n) is 9.56. The summed E-state index contributed by atoms with van der Waals surface area (Å²) in [6.45, 7) is 2.71. The van der Waals surface area contributed by atoms with Crippen LogP contribution < -0.4 is 14.4 Å². The van der Waals surface area contributed by atoms with Crippen molar-refractivity contribution < 1.29 is 13.2 Å². The molecular formula is C21H28N2O3S. The van der Waals surface area contributed by atoms with Gasteiger partial charge in [-0.3, -0.25) is 0 Å². The van der Waals surface area contributed by atoms with E-state index < -0.39 is 10.0 Å². The van der Waals surface area contributed by atoms with Gasteiger partial charge < -0.3 is 9.64 Å². The molecule has 0 unspecified atom stereocenters. The van der Waals surface area contributed by atoms with Crippen molar-refractivity contribution in [3.05, 3.63) is 54.1 Å². The van der Waals surface area contributed by atoms with E-state index in [2.05, 4.69) is 33.9 Å². The Morgan fingerprint density at radius 2 is 1.63 bits per heavy atom. The summed E-state index contributed by atoms with van der Waals surface area (Å²) in [5.41, 5.74) is 2.53. The quantitative estimate of drug-likeness (QED) is 0.702. The number of piperidine rings is 1. The van der Waals surface area contributed by atoms with Crippen molar-refractivity contribution >= 4 is 15.7 Å². The minimum atomic E-state index is -3.47. The van der Waals surface area contributed by atoms with Gasteiger partial charge in [-0.2, -0.15) is 0 Å². The third-order valence-electron chi connectivity index (χ3n) is 4.96. The predicted molar refractivity (Wildman–Crippen MR) is 109 cm³/mol. The van der Waals surface area contributed by atoms with Crippen LogP contribution in [0.2, 0.25) is 0 Å². The Kier molecular flexibility index (Phi) is 6.74. The van der Waals surface area contributed by atoms with Crippen molar-refractivity contribution in [2.75, 3.05) is 31.6 Å². The van der Waals surface area contributed by atoms with E-state index in [1.807, 2.05) is 0 Å². The van der Waals surface area contributed by atoms with E-state index in [4.69, 9.17) is 4.74 Å². The summed E-state index contributed by atoms with van der Waals surface area (Å²) in [6.07, 6.45) is 5.50. The average Bonchev–Trinajstić information content (AvgIpc) is 2.72. The molecule has 1 saturated heterocycles. The molecular weight excluding hydrogens is 360 g/mol. The minimum Gasteiger partial charge on any atom is -0.497 e. The van der Waals surface area contributed by atoms with Crippen molar-refractivity contribution in [3.63, 3.8) is 0 Å². The average molecular weight is 389 g/mol. The number of hydrogen-bond donors (Lipinski definition) is 1. The normalized spacial score (nSPS) is 14.9. The predicted octanol–water partition coefficient (Wildman–Crippen LogP) is 3.60. The molecule has 0 saturated carbocycles. The zero-order valence-corrected chi connectivity index (χ0v) is 16.7. The van der Waals surface area contributed by atoms with E-state index in [0.29, 0.717) is 12.3 Å². The molecule has 1 fully saturated rings. The molecule has 0 bridgehead atoms. The van der Waals surface area contributed by atoms with Gasteiger partial charge in [0.15, 0.2) is 0 Å². The van der Waals surface area contributed by atoms with Crippen molar-refractivity contribution in [1.82, 2.24) is 4.72 Å². The molecule has 0 spiro atoms. The van der Waals surface area contributed by atoms with Crippen molar-refractivity contribution in [2.24, 2.45) is 0 Å². The molecule has 5 nitrogen and oxygen atoms in total. The van der Waals surface area contributed by atoms with Crippen LogP contribution in [0.25, 0.3) is 0 Å². The summed E-state index contributed by atoms with van der Waals surface area (Å²) >= 11 is 0. The second-order valence-corrected chi connectivity index (χ2v) is 8.66. The van der Waals surface area contributed by atoms with Crippen LogP contribution in [0.3, 0.4) is 0 Å². The van der Waals surface area contributed by atoms with E-state index >= 15 is 0 Å². The molecule has 2 aromatic rings. The van der Waals surface area contributed by atoms with Gasteiger partial charge in [-0.25, -0.2) is 13.1 Å². The first kappa shape index (κ1) is 19.7. The number of rotatable bonds is 8. The highest BCUT2D eigenvalue weighted by atomic mass is 32.2. The maximum Gasteiger partial charge on any atom is 0.240 e. The van der Waals surface area contributed by atoms with Crippen molar-refractivity contribution in [2.45, 2.75) is 37.0 Å². The van der Waals surface area contributed by atoms with Gasteiger partial charge in [-0.1, -0.05) is 12.1 Å². The molecule has 2 aromatic carbocycles. The SMILES string of the molecule is COc1ccc(S(=O)(=O)NCCCc2ccc(N3CCCCC3)cc2)cc1. The fourth-order valence-electron chi connectivity index (χ4n) is 3.36.